The van der Waals surface area contributed by atoms with E-state index in [0.29, 0.717) is 6.04 Å². The Morgan fingerprint density at radius 1 is 1.39 bits per heavy atom. The van der Waals surface area contributed by atoms with Crippen molar-refractivity contribution in [2.45, 2.75) is 64.2 Å². The standard InChI is InChI=1S/C17H30N4OS/c1-5-23-15-8-6-7-14(11-15)20-17(18-4)19-10-9-16-12(2)21-22-13(16)3/h14-15H,5-11H2,1-4H3,(H2,18,19,20). The first kappa shape index (κ1) is 18.2. The lowest BCUT2D eigenvalue weighted by atomic mass is 9.95. The van der Waals surface area contributed by atoms with Crippen molar-refractivity contribution >= 4 is 17.7 Å². The number of aromatic nitrogens is 1. The summed E-state index contributed by atoms with van der Waals surface area (Å²) in [6.07, 6.45) is 6.05. The second-order valence-corrected chi connectivity index (χ2v) is 7.71. The molecule has 1 aliphatic rings. The molecule has 2 N–H and O–H groups in total. The minimum absolute atomic E-state index is 0.540. The quantitative estimate of drug-likeness (QED) is 0.616. The molecule has 0 aromatic carbocycles. The number of guanidine groups is 1. The third-order valence-corrected chi connectivity index (χ3v) is 5.67. The highest BCUT2D eigenvalue weighted by Crippen LogP contribution is 2.28. The maximum Gasteiger partial charge on any atom is 0.191 e. The lowest BCUT2D eigenvalue weighted by molar-refractivity contribution is 0.392. The lowest BCUT2D eigenvalue weighted by Crippen LogP contribution is -2.46. The number of hydrogen-bond donors (Lipinski definition) is 2. The first-order valence-corrected chi connectivity index (χ1v) is 9.69. The van der Waals surface area contributed by atoms with Gasteiger partial charge in [0.25, 0.3) is 0 Å². The van der Waals surface area contributed by atoms with Crippen LogP contribution in [0.15, 0.2) is 9.52 Å². The van der Waals surface area contributed by atoms with Crippen molar-refractivity contribution in [2.24, 2.45) is 4.99 Å². The fourth-order valence-corrected chi connectivity index (χ4v) is 4.39. The fraction of sp³-hybridized carbons (Fsp3) is 0.765. The topological polar surface area (TPSA) is 62.5 Å². The minimum atomic E-state index is 0.540. The maximum absolute atomic E-state index is 5.21. The molecule has 1 fully saturated rings. The predicted octanol–water partition coefficient (Wildman–Crippen LogP) is 3.06. The molecule has 0 saturated heterocycles. The zero-order valence-corrected chi connectivity index (χ0v) is 15.6. The van der Waals surface area contributed by atoms with Crippen LogP contribution in [0.4, 0.5) is 0 Å². The number of aryl methyl sites for hydroxylation is 2. The first-order valence-electron chi connectivity index (χ1n) is 8.64. The highest BCUT2D eigenvalue weighted by atomic mass is 32.2. The van der Waals surface area contributed by atoms with Crippen LogP contribution in [-0.4, -0.2) is 41.8 Å². The highest BCUT2D eigenvalue weighted by molar-refractivity contribution is 7.99. The SMILES string of the molecule is CCSC1CCCC(NC(=NC)NCCc2c(C)noc2C)C1. The van der Waals surface area contributed by atoms with E-state index in [1.807, 2.05) is 20.9 Å². The molecule has 1 aromatic heterocycles. The maximum atomic E-state index is 5.21. The molecule has 0 amide bonds. The number of aliphatic imine (C=N–C) groups is 1. The second-order valence-electron chi connectivity index (χ2n) is 6.14. The van der Waals surface area contributed by atoms with Gasteiger partial charge in [0.05, 0.1) is 5.69 Å². The Bertz CT molecular complexity index is 493. The van der Waals surface area contributed by atoms with Gasteiger partial charge in [-0.2, -0.15) is 11.8 Å². The Kier molecular flexibility index (Phi) is 7.27. The van der Waals surface area contributed by atoms with Crippen LogP contribution >= 0.6 is 11.8 Å². The van der Waals surface area contributed by atoms with Gasteiger partial charge in [-0.3, -0.25) is 4.99 Å². The number of nitrogens with zero attached hydrogens (tertiary/aromatic N) is 2. The Balaban J connectivity index is 1.77. The minimum Gasteiger partial charge on any atom is -0.361 e. The van der Waals surface area contributed by atoms with Crippen LogP contribution < -0.4 is 10.6 Å². The molecular weight excluding hydrogens is 308 g/mol. The molecule has 0 bridgehead atoms. The second kappa shape index (κ2) is 9.21. The van der Waals surface area contributed by atoms with Crippen LogP contribution in [0.3, 0.4) is 0 Å². The normalized spacial score (nSPS) is 22.2. The average molecular weight is 339 g/mol. The number of rotatable bonds is 6. The van der Waals surface area contributed by atoms with Crippen molar-refractivity contribution in [2.75, 3.05) is 19.3 Å². The van der Waals surface area contributed by atoms with E-state index in [1.54, 1.807) is 0 Å². The molecule has 1 aromatic rings. The lowest BCUT2D eigenvalue weighted by Gasteiger charge is -2.30. The van der Waals surface area contributed by atoms with Crippen LogP contribution in [0.25, 0.3) is 0 Å². The van der Waals surface area contributed by atoms with Gasteiger partial charge >= 0.3 is 0 Å². The van der Waals surface area contributed by atoms with E-state index in [2.05, 4.69) is 39.5 Å². The monoisotopic (exact) mass is 338 g/mol. The molecule has 130 valence electrons. The van der Waals surface area contributed by atoms with Crippen molar-refractivity contribution in [1.82, 2.24) is 15.8 Å². The molecule has 0 radical (unpaired) electrons. The summed E-state index contributed by atoms with van der Waals surface area (Å²) in [7, 11) is 1.84. The van der Waals surface area contributed by atoms with Crippen molar-refractivity contribution in [3.05, 3.63) is 17.0 Å². The summed E-state index contributed by atoms with van der Waals surface area (Å²) >= 11 is 2.09. The van der Waals surface area contributed by atoms with Crippen LogP contribution in [0.5, 0.6) is 0 Å². The van der Waals surface area contributed by atoms with Gasteiger partial charge in [0, 0.05) is 30.4 Å². The third-order valence-electron chi connectivity index (χ3n) is 4.44. The fourth-order valence-electron chi connectivity index (χ4n) is 3.22. The van der Waals surface area contributed by atoms with Crippen molar-refractivity contribution < 1.29 is 4.52 Å². The molecule has 1 aliphatic carbocycles. The molecule has 0 spiro atoms. The van der Waals surface area contributed by atoms with E-state index in [1.165, 1.54) is 37.0 Å². The van der Waals surface area contributed by atoms with Crippen LogP contribution in [0.1, 0.15) is 49.6 Å². The molecule has 1 saturated carbocycles. The largest absolute Gasteiger partial charge is 0.361 e. The van der Waals surface area contributed by atoms with E-state index in [9.17, 15) is 0 Å². The van der Waals surface area contributed by atoms with Gasteiger partial charge in [-0.25, -0.2) is 0 Å². The van der Waals surface area contributed by atoms with Gasteiger partial charge in [-0.05, 0) is 45.3 Å². The molecule has 0 aliphatic heterocycles. The van der Waals surface area contributed by atoms with Crippen molar-refractivity contribution in [3.63, 3.8) is 0 Å². The van der Waals surface area contributed by atoms with E-state index < -0.39 is 0 Å². The van der Waals surface area contributed by atoms with Gasteiger partial charge < -0.3 is 15.2 Å². The van der Waals surface area contributed by atoms with E-state index >= 15 is 0 Å². The number of hydrogen-bond acceptors (Lipinski definition) is 4. The molecule has 1 heterocycles. The summed E-state index contributed by atoms with van der Waals surface area (Å²) in [6, 6.07) is 0.540. The first-order chi connectivity index (χ1) is 11.1. The zero-order chi connectivity index (χ0) is 16.7. The van der Waals surface area contributed by atoms with Gasteiger partial charge in [0.2, 0.25) is 0 Å². The smallest absolute Gasteiger partial charge is 0.191 e. The van der Waals surface area contributed by atoms with Gasteiger partial charge in [-0.1, -0.05) is 18.5 Å². The summed E-state index contributed by atoms with van der Waals surface area (Å²) in [6.45, 7) is 7.04. The van der Waals surface area contributed by atoms with Crippen LogP contribution in [0, 0.1) is 13.8 Å². The molecular formula is C17H30N4OS. The Morgan fingerprint density at radius 3 is 2.87 bits per heavy atom. The molecule has 6 heteroatoms. The Labute approximate surface area is 144 Å². The van der Waals surface area contributed by atoms with Gasteiger partial charge in [0.15, 0.2) is 5.96 Å². The summed E-state index contributed by atoms with van der Waals surface area (Å²) in [5.41, 5.74) is 2.18. The highest BCUT2D eigenvalue weighted by Gasteiger charge is 2.22. The van der Waals surface area contributed by atoms with E-state index in [-0.39, 0.29) is 0 Å². The van der Waals surface area contributed by atoms with Gasteiger partial charge in [0.1, 0.15) is 5.76 Å². The molecule has 2 rings (SSSR count). The van der Waals surface area contributed by atoms with Crippen LogP contribution in [0.2, 0.25) is 0 Å². The molecule has 2 atom stereocenters. The number of nitrogens with one attached hydrogen (secondary N) is 2. The molecule has 5 nitrogen and oxygen atoms in total. The number of thioether (sulfide) groups is 1. The summed E-state index contributed by atoms with van der Waals surface area (Å²) in [5, 5.41) is 11.8. The summed E-state index contributed by atoms with van der Waals surface area (Å²) in [4.78, 5) is 4.37. The average Bonchev–Trinajstić information content (AvgIpc) is 2.86. The van der Waals surface area contributed by atoms with E-state index in [4.69, 9.17) is 4.52 Å². The summed E-state index contributed by atoms with van der Waals surface area (Å²) in [5.74, 6) is 3.03. The predicted molar refractivity (Wildman–Crippen MR) is 98.4 cm³/mol. The Hall–Kier alpha value is -1.17. The van der Waals surface area contributed by atoms with E-state index in [0.717, 1.165) is 35.6 Å². The third kappa shape index (κ3) is 5.44. The Morgan fingerprint density at radius 2 is 2.22 bits per heavy atom. The van der Waals surface area contributed by atoms with Crippen LogP contribution in [-0.2, 0) is 6.42 Å². The molecule has 2 unspecified atom stereocenters. The van der Waals surface area contributed by atoms with Gasteiger partial charge in [-0.15, -0.1) is 0 Å². The summed E-state index contributed by atoms with van der Waals surface area (Å²) < 4.78 is 5.21. The molecule has 23 heavy (non-hydrogen) atoms. The van der Waals surface area contributed by atoms with Crippen molar-refractivity contribution in [3.8, 4) is 0 Å². The zero-order valence-electron chi connectivity index (χ0n) is 14.8. The van der Waals surface area contributed by atoms with Crippen molar-refractivity contribution in [1.29, 1.82) is 0 Å².